The summed E-state index contributed by atoms with van der Waals surface area (Å²) < 4.78 is 0. The molecule has 0 aliphatic heterocycles. The molecular formula is C14H21N3O2S. The van der Waals surface area contributed by atoms with Gasteiger partial charge in [0.15, 0.2) is 5.13 Å². The van der Waals surface area contributed by atoms with Gasteiger partial charge in [0.2, 0.25) is 11.8 Å². The van der Waals surface area contributed by atoms with Crippen molar-refractivity contribution in [2.24, 2.45) is 5.92 Å². The van der Waals surface area contributed by atoms with Crippen LogP contribution < -0.4 is 10.6 Å². The van der Waals surface area contributed by atoms with Crippen molar-refractivity contribution in [3.05, 3.63) is 11.1 Å². The summed E-state index contributed by atoms with van der Waals surface area (Å²) in [6, 6.07) is 0.127. The molecule has 0 bridgehead atoms. The third kappa shape index (κ3) is 4.30. The molecule has 1 aromatic rings. The molecule has 0 atom stereocenters. The summed E-state index contributed by atoms with van der Waals surface area (Å²) in [7, 11) is 0. The highest BCUT2D eigenvalue weighted by Gasteiger charge is 2.23. The predicted octanol–water partition coefficient (Wildman–Crippen LogP) is 2.34. The minimum Gasteiger partial charge on any atom is -0.354 e. The van der Waals surface area contributed by atoms with E-state index in [-0.39, 0.29) is 30.2 Å². The number of nitrogens with one attached hydrogen (secondary N) is 2. The Hall–Kier alpha value is -1.43. The molecule has 1 saturated carbocycles. The summed E-state index contributed by atoms with van der Waals surface area (Å²) in [4.78, 5) is 27.9. The highest BCUT2D eigenvalue weighted by atomic mass is 32.1. The number of nitrogens with zero attached hydrogens (tertiary/aromatic N) is 1. The second-order valence-corrected chi connectivity index (χ2v) is 6.37. The van der Waals surface area contributed by atoms with Crippen LogP contribution in [0.4, 0.5) is 5.13 Å². The molecule has 1 aromatic heterocycles. The summed E-state index contributed by atoms with van der Waals surface area (Å²) in [6.45, 7) is 3.85. The summed E-state index contributed by atoms with van der Waals surface area (Å²) in [5.41, 5.74) is 0.704. The maximum absolute atomic E-state index is 12.0. The van der Waals surface area contributed by atoms with Crippen LogP contribution >= 0.6 is 11.3 Å². The zero-order valence-corrected chi connectivity index (χ0v) is 12.8. The Balaban J connectivity index is 1.85. The smallest absolute Gasteiger partial charge is 0.229 e. The predicted molar refractivity (Wildman–Crippen MR) is 79.7 cm³/mol. The first-order valence-corrected chi connectivity index (χ1v) is 7.97. The van der Waals surface area contributed by atoms with E-state index >= 15 is 0 Å². The summed E-state index contributed by atoms with van der Waals surface area (Å²) in [6.07, 6.45) is 4.48. The number of rotatable bonds is 5. The van der Waals surface area contributed by atoms with Gasteiger partial charge in [-0.3, -0.25) is 9.59 Å². The molecule has 1 heterocycles. The summed E-state index contributed by atoms with van der Waals surface area (Å²) >= 11 is 1.37. The van der Waals surface area contributed by atoms with Crippen molar-refractivity contribution < 1.29 is 9.59 Å². The Kier molecular flexibility index (Phi) is 5.11. The molecule has 6 heteroatoms. The molecule has 0 saturated heterocycles. The van der Waals surface area contributed by atoms with Crippen LogP contribution in [0.5, 0.6) is 0 Å². The molecule has 2 amide bonds. The highest BCUT2D eigenvalue weighted by Crippen LogP contribution is 2.26. The van der Waals surface area contributed by atoms with Gasteiger partial charge in [-0.05, 0) is 26.7 Å². The third-order valence-corrected chi connectivity index (χ3v) is 4.11. The van der Waals surface area contributed by atoms with Gasteiger partial charge < -0.3 is 10.6 Å². The number of aromatic nitrogens is 1. The van der Waals surface area contributed by atoms with Gasteiger partial charge >= 0.3 is 0 Å². The van der Waals surface area contributed by atoms with Crippen LogP contribution in [0.2, 0.25) is 0 Å². The quantitative estimate of drug-likeness (QED) is 0.876. The van der Waals surface area contributed by atoms with Crippen LogP contribution in [-0.2, 0) is 16.0 Å². The van der Waals surface area contributed by atoms with Crippen LogP contribution in [0.15, 0.2) is 5.38 Å². The number of carbonyl (C=O) groups is 2. The van der Waals surface area contributed by atoms with E-state index < -0.39 is 0 Å². The van der Waals surface area contributed by atoms with Gasteiger partial charge in [0, 0.05) is 17.3 Å². The minimum atomic E-state index is -0.0426. The average Bonchev–Trinajstić information content (AvgIpc) is 2.99. The van der Waals surface area contributed by atoms with Crippen LogP contribution in [0.25, 0.3) is 0 Å². The topological polar surface area (TPSA) is 71.1 Å². The van der Waals surface area contributed by atoms with Gasteiger partial charge in [-0.15, -0.1) is 11.3 Å². The fraction of sp³-hybridized carbons (Fsp3) is 0.643. The van der Waals surface area contributed by atoms with Crippen molar-refractivity contribution >= 4 is 28.3 Å². The highest BCUT2D eigenvalue weighted by molar-refractivity contribution is 7.13. The second-order valence-electron chi connectivity index (χ2n) is 5.51. The molecule has 1 fully saturated rings. The van der Waals surface area contributed by atoms with Gasteiger partial charge in [-0.1, -0.05) is 12.8 Å². The number of thiazole rings is 1. The first-order chi connectivity index (χ1) is 9.54. The van der Waals surface area contributed by atoms with Crippen molar-refractivity contribution in [1.29, 1.82) is 0 Å². The number of hydrogen-bond donors (Lipinski definition) is 2. The van der Waals surface area contributed by atoms with Crippen molar-refractivity contribution in [3.8, 4) is 0 Å². The number of carbonyl (C=O) groups excluding carboxylic acids is 2. The largest absolute Gasteiger partial charge is 0.354 e. The maximum Gasteiger partial charge on any atom is 0.229 e. The lowest BCUT2D eigenvalue weighted by molar-refractivity contribution is -0.121. The summed E-state index contributed by atoms with van der Waals surface area (Å²) in [5, 5.41) is 8.09. The Morgan fingerprint density at radius 2 is 2.10 bits per heavy atom. The Morgan fingerprint density at radius 3 is 2.75 bits per heavy atom. The van der Waals surface area contributed by atoms with Crippen molar-refractivity contribution in [3.63, 3.8) is 0 Å². The van der Waals surface area contributed by atoms with E-state index in [2.05, 4.69) is 15.6 Å². The molecule has 0 radical (unpaired) electrons. The number of anilines is 1. The zero-order valence-electron chi connectivity index (χ0n) is 11.9. The van der Waals surface area contributed by atoms with E-state index in [0.717, 1.165) is 25.7 Å². The first-order valence-electron chi connectivity index (χ1n) is 7.09. The van der Waals surface area contributed by atoms with E-state index in [1.807, 2.05) is 19.2 Å². The Bertz CT molecular complexity index is 479. The molecule has 1 aliphatic carbocycles. The van der Waals surface area contributed by atoms with E-state index in [9.17, 15) is 9.59 Å². The normalized spacial score (nSPS) is 15.6. The first kappa shape index (κ1) is 15.0. The van der Waals surface area contributed by atoms with Crippen LogP contribution in [0.1, 0.15) is 45.2 Å². The SMILES string of the molecule is CC(C)NC(=O)Cc1csc(NC(=O)C2CCCC2)n1. The lowest BCUT2D eigenvalue weighted by Crippen LogP contribution is -2.31. The minimum absolute atomic E-state index is 0.0426. The fourth-order valence-electron chi connectivity index (χ4n) is 2.38. The number of amides is 2. The van der Waals surface area contributed by atoms with Crippen LogP contribution in [-0.4, -0.2) is 22.8 Å². The molecule has 0 aromatic carbocycles. The van der Waals surface area contributed by atoms with E-state index in [1.54, 1.807) is 0 Å². The summed E-state index contributed by atoms with van der Waals surface area (Å²) in [5.74, 6) is 0.153. The fourth-order valence-corrected chi connectivity index (χ4v) is 3.09. The van der Waals surface area contributed by atoms with Gasteiger partial charge in [0.25, 0.3) is 0 Å². The van der Waals surface area contributed by atoms with Crippen molar-refractivity contribution in [2.45, 2.75) is 52.0 Å². The van der Waals surface area contributed by atoms with Gasteiger partial charge in [0.1, 0.15) is 0 Å². The van der Waals surface area contributed by atoms with Crippen LogP contribution in [0.3, 0.4) is 0 Å². The monoisotopic (exact) mass is 295 g/mol. The molecule has 20 heavy (non-hydrogen) atoms. The average molecular weight is 295 g/mol. The van der Waals surface area contributed by atoms with Gasteiger partial charge in [-0.25, -0.2) is 4.98 Å². The zero-order chi connectivity index (χ0) is 14.5. The standard InChI is InChI=1S/C14H21N3O2S/c1-9(2)15-12(18)7-11-8-20-14(16-11)17-13(19)10-5-3-4-6-10/h8-10H,3-7H2,1-2H3,(H,15,18)(H,16,17,19). The maximum atomic E-state index is 12.0. The Labute approximate surface area is 123 Å². The van der Waals surface area contributed by atoms with E-state index in [4.69, 9.17) is 0 Å². The molecule has 2 rings (SSSR count). The van der Waals surface area contributed by atoms with Gasteiger partial charge in [0.05, 0.1) is 12.1 Å². The molecule has 5 nitrogen and oxygen atoms in total. The molecular weight excluding hydrogens is 274 g/mol. The third-order valence-electron chi connectivity index (χ3n) is 3.30. The molecule has 1 aliphatic rings. The molecule has 0 spiro atoms. The van der Waals surface area contributed by atoms with E-state index in [0.29, 0.717) is 10.8 Å². The van der Waals surface area contributed by atoms with Crippen molar-refractivity contribution in [1.82, 2.24) is 10.3 Å². The molecule has 110 valence electrons. The number of hydrogen-bond acceptors (Lipinski definition) is 4. The lowest BCUT2D eigenvalue weighted by Gasteiger charge is -2.07. The van der Waals surface area contributed by atoms with Crippen molar-refractivity contribution in [2.75, 3.05) is 5.32 Å². The molecule has 2 N–H and O–H groups in total. The van der Waals surface area contributed by atoms with Crippen LogP contribution in [0, 0.1) is 5.92 Å². The second kappa shape index (κ2) is 6.83. The molecule has 0 unspecified atom stereocenters. The Morgan fingerprint density at radius 1 is 1.40 bits per heavy atom. The van der Waals surface area contributed by atoms with Gasteiger partial charge in [-0.2, -0.15) is 0 Å². The van der Waals surface area contributed by atoms with E-state index in [1.165, 1.54) is 11.3 Å². The lowest BCUT2D eigenvalue weighted by atomic mass is 10.1.